The van der Waals surface area contributed by atoms with Crippen LogP contribution in [-0.4, -0.2) is 86.1 Å². The molecule has 1 spiro atoms. The molecule has 0 bridgehead atoms. The molecule has 1 atom stereocenters. The van der Waals surface area contributed by atoms with Crippen LogP contribution in [0.4, 0.5) is 0 Å². The highest BCUT2D eigenvalue weighted by Gasteiger charge is 2.48. The van der Waals surface area contributed by atoms with Crippen LogP contribution in [0.2, 0.25) is 0 Å². The average Bonchev–Trinajstić information content (AvgIpc) is 3.23. The molecule has 1 amide bonds. The number of hydrogen-bond acceptors (Lipinski definition) is 4. The van der Waals surface area contributed by atoms with Crippen molar-refractivity contribution in [1.82, 2.24) is 20.0 Å². The summed E-state index contributed by atoms with van der Waals surface area (Å²) in [6.45, 7) is 6.79. The van der Waals surface area contributed by atoms with E-state index in [0.717, 1.165) is 18.5 Å². The molecule has 3 aliphatic heterocycles. The molecule has 0 unspecified atom stereocenters. The maximum atomic E-state index is 12.1. The van der Waals surface area contributed by atoms with Crippen LogP contribution >= 0.6 is 0 Å². The number of carbonyl (C=O) groups excluding carboxylic acids is 1. The van der Waals surface area contributed by atoms with Gasteiger partial charge in [0.2, 0.25) is 5.91 Å². The highest BCUT2D eigenvalue weighted by atomic mass is 16.2. The Morgan fingerprint density at radius 1 is 1.16 bits per heavy atom. The first-order chi connectivity index (χ1) is 12.1. The first-order valence-electron chi connectivity index (χ1n) is 10.5. The maximum absolute atomic E-state index is 12.1. The van der Waals surface area contributed by atoms with Gasteiger partial charge in [-0.3, -0.25) is 9.69 Å². The monoisotopic (exact) mass is 348 g/mol. The number of piperidine rings is 1. The zero-order valence-electron chi connectivity index (χ0n) is 16.2. The number of hydrogen-bond donors (Lipinski definition) is 1. The van der Waals surface area contributed by atoms with Crippen LogP contribution in [0.3, 0.4) is 0 Å². The molecule has 25 heavy (non-hydrogen) atoms. The molecule has 4 rings (SSSR count). The van der Waals surface area contributed by atoms with Gasteiger partial charge in [-0.25, -0.2) is 0 Å². The highest BCUT2D eigenvalue weighted by Crippen LogP contribution is 2.48. The molecule has 142 valence electrons. The molecule has 0 aromatic carbocycles. The number of nitrogens with one attached hydrogen (secondary N) is 1. The van der Waals surface area contributed by atoms with Crippen LogP contribution < -0.4 is 5.32 Å². The van der Waals surface area contributed by atoms with Crippen LogP contribution in [-0.2, 0) is 4.79 Å². The Kier molecular flexibility index (Phi) is 5.09. The summed E-state index contributed by atoms with van der Waals surface area (Å²) in [5.41, 5.74) is 0.663. The molecule has 3 heterocycles. The van der Waals surface area contributed by atoms with Crippen molar-refractivity contribution in [3.63, 3.8) is 0 Å². The summed E-state index contributed by atoms with van der Waals surface area (Å²) in [5.74, 6) is 1.06. The van der Waals surface area contributed by atoms with Crippen LogP contribution in [0.15, 0.2) is 0 Å². The quantitative estimate of drug-likeness (QED) is 0.833. The fourth-order valence-corrected chi connectivity index (χ4v) is 5.91. The summed E-state index contributed by atoms with van der Waals surface area (Å²) in [6.07, 6.45) is 9.48. The normalized spacial score (nSPS) is 37.5. The van der Waals surface area contributed by atoms with Gasteiger partial charge >= 0.3 is 0 Å². The number of carbonyl (C=O) groups is 1. The second kappa shape index (κ2) is 7.16. The van der Waals surface area contributed by atoms with Gasteiger partial charge in [0.05, 0.1) is 6.54 Å². The molecule has 1 aliphatic carbocycles. The minimum Gasteiger partial charge on any atom is -0.348 e. The molecule has 4 fully saturated rings. The van der Waals surface area contributed by atoms with Crippen molar-refractivity contribution in [3.05, 3.63) is 0 Å². The van der Waals surface area contributed by atoms with E-state index in [1.54, 1.807) is 4.90 Å². The molecule has 5 heteroatoms. The van der Waals surface area contributed by atoms with E-state index in [2.05, 4.69) is 15.1 Å². The van der Waals surface area contributed by atoms with Crippen LogP contribution in [0, 0.1) is 11.3 Å². The third-order valence-corrected chi connectivity index (χ3v) is 7.56. The highest BCUT2D eigenvalue weighted by molar-refractivity contribution is 5.77. The second-order valence-corrected chi connectivity index (χ2v) is 9.33. The fourth-order valence-electron chi connectivity index (χ4n) is 5.91. The number of nitrogens with zero attached hydrogens (tertiary/aromatic N) is 3. The van der Waals surface area contributed by atoms with Crippen molar-refractivity contribution in [3.8, 4) is 0 Å². The lowest BCUT2D eigenvalue weighted by atomic mass is 9.64. The molecular formula is C20H36N4O. The summed E-state index contributed by atoms with van der Waals surface area (Å²) < 4.78 is 0. The molecule has 4 aliphatic rings. The van der Waals surface area contributed by atoms with Crippen molar-refractivity contribution >= 4 is 5.91 Å². The Balaban J connectivity index is 1.25. The minimum absolute atomic E-state index is 0.259. The lowest BCUT2D eigenvalue weighted by molar-refractivity contribution is -0.130. The van der Waals surface area contributed by atoms with Crippen molar-refractivity contribution in [2.24, 2.45) is 11.3 Å². The SMILES string of the molecule is CN(C)C(=O)CN1CCC[C@H]1C1CCN(C2CC3(CCNC3)C2)CC1. The molecule has 0 aromatic rings. The lowest BCUT2D eigenvalue weighted by Crippen LogP contribution is -2.55. The standard InChI is InChI=1S/C20H36N4O/c1-22(2)19(25)14-24-9-3-4-18(24)16-5-10-23(11-6-16)17-12-20(13-17)7-8-21-15-20/h16-18,21H,3-15H2,1-2H3/t17?,18-,20?/m0/s1. The third kappa shape index (κ3) is 3.60. The zero-order valence-corrected chi connectivity index (χ0v) is 16.2. The van der Waals surface area contributed by atoms with Crippen molar-refractivity contribution in [1.29, 1.82) is 0 Å². The first-order valence-corrected chi connectivity index (χ1v) is 10.5. The van der Waals surface area contributed by atoms with E-state index in [-0.39, 0.29) is 5.91 Å². The van der Waals surface area contributed by atoms with Gasteiger partial charge in [0.15, 0.2) is 0 Å². The van der Waals surface area contributed by atoms with Gasteiger partial charge in [-0.2, -0.15) is 0 Å². The number of amides is 1. The van der Waals surface area contributed by atoms with E-state index >= 15 is 0 Å². The van der Waals surface area contributed by atoms with Crippen LogP contribution in [0.1, 0.15) is 44.9 Å². The molecule has 0 aromatic heterocycles. The van der Waals surface area contributed by atoms with Gasteiger partial charge in [-0.15, -0.1) is 0 Å². The molecular weight excluding hydrogens is 312 g/mol. The Hall–Kier alpha value is -0.650. The third-order valence-electron chi connectivity index (χ3n) is 7.56. The summed E-state index contributed by atoms with van der Waals surface area (Å²) >= 11 is 0. The smallest absolute Gasteiger partial charge is 0.236 e. The van der Waals surface area contributed by atoms with E-state index in [1.165, 1.54) is 71.1 Å². The molecule has 5 nitrogen and oxygen atoms in total. The van der Waals surface area contributed by atoms with Gasteiger partial charge in [0.1, 0.15) is 0 Å². The predicted octanol–water partition coefficient (Wildman–Crippen LogP) is 1.39. The summed E-state index contributed by atoms with van der Waals surface area (Å²) in [5, 5.41) is 3.56. The number of rotatable bonds is 4. The largest absolute Gasteiger partial charge is 0.348 e. The molecule has 1 N–H and O–H groups in total. The lowest BCUT2D eigenvalue weighted by Gasteiger charge is -2.52. The van der Waals surface area contributed by atoms with Crippen LogP contribution in [0.25, 0.3) is 0 Å². The van der Waals surface area contributed by atoms with Gasteiger partial charge in [-0.1, -0.05) is 0 Å². The summed E-state index contributed by atoms with van der Waals surface area (Å²) in [4.78, 5) is 19.1. The zero-order chi connectivity index (χ0) is 17.4. The minimum atomic E-state index is 0.259. The molecule has 3 saturated heterocycles. The van der Waals surface area contributed by atoms with Crippen LogP contribution in [0.5, 0.6) is 0 Å². The van der Waals surface area contributed by atoms with Gasteiger partial charge < -0.3 is 15.1 Å². The second-order valence-electron chi connectivity index (χ2n) is 9.33. The van der Waals surface area contributed by atoms with E-state index in [9.17, 15) is 4.79 Å². The van der Waals surface area contributed by atoms with Crippen molar-refractivity contribution in [2.45, 2.75) is 57.0 Å². The van der Waals surface area contributed by atoms with E-state index in [0.29, 0.717) is 18.0 Å². The van der Waals surface area contributed by atoms with Crippen molar-refractivity contribution in [2.75, 3.05) is 53.4 Å². The molecule has 1 saturated carbocycles. The van der Waals surface area contributed by atoms with E-state index < -0.39 is 0 Å². The number of likely N-dealkylation sites (tertiary alicyclic amines) is 2. The van der Waals surface area contributed by atoms with E-state index in [1.807, 2.05) is 14.1 Å². The summed E-state index contributed by atoms with van der Waals surface area (Å²) in [6, 6.07) is 1.51. The molecule has 0 radical (unpaired) electrons. The Labute approximate surface area is 153 Å². The topological polar surface area (TPSA) is 38.8 Å². The Morgan fingerprint density at radius 3 is 2.56 bits per heavy atom. The first kappa shape index (κ1) is 17.7. The van der Waals surface area contributed by atoms with Gasteiger partial charge in [-0.05, 0) is 82.5 Å². The fraction of sp³-hybridized carbons (Fsp3) is 0.950. The predicted molar refractivity (Wildman–Crippen MR) is 101 cm³/mol. The maximum Gasteiger partial charge on any atom is 0.236 e. The van der Waals surface area contributed by atoms with E-state index in [4.69, 9.17) is 0 Å². The summed E-state index contributed by atoms with van der Waals surface area (Å²) in [7, 11) is 3.74. The van der Waals surface area contributed by atoms with Gasteiger partial charge in [0, 0.05) is 32.7 Å². The average molecular weight is 349 g/mol. The van der Waals surface area contributed by atoms with Gasteiger partial charge in [0.25, 0.3) is 0 Å². The number of likely N-dealkylation sites (N-methyl/N-ethyl adjacent to an activating group) is 1. The Morgan fingerprint density at radius 2 is 1.92 bits per heavy atom. The van der Waals surface area contributed by atoms with Crippen molar-refractivity contribution < 1.29 is 4.79 Å². The Bertz CT molecular complexity index is 472.